The van der Waals surface area contributed by atoms with Gasteiger partial charge in [-0.2, -0.15) is 0 Å². The minimum atomic E-state index is -0.730. The number of nitrogens with zero attached hydrogens (tertiary/aromatic N) is 2. The van der Waals surface area contributed by atoms with E-state index in [0.29, 0.717) is 60.0 Å². The molecule has 2 aromatic carbocycles. The Labute approximate surface area is 220 Å². The number of carbonyl (C=O) groups excluding carboxylic acids is 1. The molecule has 0 aliphatic heterocycles. The molecule has 8 heteroatoms. The number of hydrogen-bond acceptors (Lipinski definition) is 6. The van der Waals surface area contributed by atoms with E-state index >= 15 is 0 Å². The van der Waals surface area contributed by atoms with Crippen molar-refractivity contribution in [1.82, 2.24) is 9.97 Å². The molecule has 8 nitrogen and oxygen atoms in total. The minimum Gasteiger partial charge on any atom is -0.481 e. The summed E-state index contributed by atoms with van der Waals surface area (Å²) in [5.74, 6) is 0.509. The zero-order valence-corrected chi connectivity index (χ0v) is 20.6. The molecular formula is C30H27N3O5. The van der Waals surface area contributed by atoms with Crippen LogP contribution in [-0.2, 0) is 4.79 Å². The highest BCUT2D eigenvalue weighted by Gasteiger charge is 2.27. The molecule has 0 radical (unpaired) electrons. The maximum absolute atomic E-state index is 12.8. The Hall–Kier alpha value is -4.72. The maximum Gasteiger partial charge on any atom is 0.306 e. The van der Waals surface area contributed by atoms with Crippen molar-refractivity contribution in [2.45, 2.75) is 31.8 Å². The zero-order valence-electron chi connectivity index (χ0n) is 20.6. The van der Waals surface area contributed by atoms with Gasteiger partial charge in [-0.25, -0.2) is 4.98 Å². The molecule has 1 fully saturated rings. The number of aromatic nitrogens is 2. The molecule has 5 rings (SSSR count). The third kappa shape index (κ3) is 6.34. The number of carbonyl (C=O) groups is 2. The molecule has 1 amide bonds. The third-order valence-electron chi connectivity index (χ3n) is 6.44. The number of rotatable bonds is 8. The van der Waals surface area contributed by atoms with Gasteiger partial charge < -0.3 is 19.9 Å². The van der Waals surface area contributed by atoms with E-state index in [1.54, 1.807) is 48.8 Å². The Morgan fingerprint density at radius 2 is 1.61 bits per heavy atom. The normalized spacial score (nSPS) is 16.8. The number of para-hydroxylation sites is 1. The second kappa shape index (κ2) is 11.6. The topological polar surface area (TPSA) is 111 Å². The quantitative estimate of drug-likeness (QED) is 0.290. The Bertz CT molecular complexity index is 1380. The predicted octanol–water partition coefficient (Wildman–Crippen LogP) is 6.21. The van der Waals surface area contributed by atoms with Crippen LogP contribution < -0.4 is 14.8 Å². The van der Waals surface area contributed by atoms with E-state index in [0.717, 1.165) is 5.56 Å². The fraction of sp³-hybridized carbons (Fsp3) is 0.200. The molecule has 1 saturated carbocycles. The molecule has 0 atom stereocenters. The predicted molar refractivity (Wildman–Crippen MR) is 142 cm³/mol. The van der Waals surface area contributed by atoms with Gasteiger partial charge in [-0.3, -0.25) is 14.6 Å². The standard InChI is InChI=1S/C30H27N3O5/c34-29(21-5-4-8-26(17-21)37-24-6-2-1-3-7-24)33-23-12-15-27(31-19-23)22-11-16-28(32-18-22)38-25-13-9-20(10-14-25)30(35)36/h1-8,11-12,15-20,25H,9-10,13-14H2,(H,33,34)(H,35,36). The Balaban J connectivity index is 1.16. The van der Waals surface area contributed by atoms with Crippen LogP contribution in [0.15, 0.2) is 91.3 Å². The summed E-state index contributed by atoms with van der Waals surface area (Å²) in [6, 6.07) is 23.7. The van der Waals surface area contributed by atoms with E-state index in [4.69, 9.17) is 14.6 Å². The van der Waals surface area contributed by atoms with Crippen molar-refractivity contribution in [2.75, 3.05) is 5.32 Å². The summed E-state index contributed by atoms with van der Waals surface area (Å²) >= 11 is 0. The van der Waals surface area contributed by atoms with Gasteiger partial charge in [0, 0.05) is 23.4 Å². The molecular weight excluding hydrogens is 482 g/mol. The van der Waals surface area contributed by atoms with Crippen molar-refractivity contribution in [3.63, 3.8) is 0 Å². The number of hydrogen-bond donors (Lipinski definition) is 2. The zero-order chi connectivity index (χ0) is 26.3. The van der Waals surface area contributed by atoms with Crippen molar-refractivity contribution in [1.29, 1.82) is 0 Å². The highest BCUT2D eigenvalue weighted by Crippen LogP contribution is 2.28. The van der Waals surface area contributed by atoms with Crippen LogP contribution in [0.1, 0.15) is 36.0 Å². The van der Waals surface area contributed by atoms with Gasteiger partial charge in [0.25, 0.3) is 5.91 Å². The summed E-state index contributed by atoms with van der Waals surface area (Å²) in [6.07, 6.45) is 5.93. The van der Waals surface area contributed by atoms with Crippen LogP contribution in [0.3, 0.4) is 0 Å². The molecule has 2 N–H and O–H groups in total. The number of aliphatic carboxylic acids is 1. The highest BCUT2D eigenvalue weighted by molar-refractivity contribution is 6.04. The first-order chi connectivity index (χ1) is 18.5. The number of nitrogens with one attached hydrogen (secondary N) is 1. The monoisotopic (exact) mass is 509 g/mol. The molecule has 192 valence electrons. The molecule has 2 heterocycles. The summed E-state index contributed by atoms with van der Waals surface area (Å²) in [7, 11) is 0. The third-order valence-corrected chi connectivity index (χ3v) is 6.44. The van der Waals surface area contributed by atoms with E-state index in [9.17, 15) is 9.59 Å². The second-order valence-electron chi connectivity index (χ2n) is 9.14. The smallest absolute Gasteiger partial charge is 0.306 e. The van der Waals surface area contributed by atoms with Gasteiger partial charge in [0.1, 0.15) is 17.6 Å². The number of amides is 1. The van der Waals surface area contributed by atoms with Crippen LogP contribution >= 0.6 is 0 Å². The average molecular weight is 510 g/mol. The molecule has 0 bridgehead atoms. The molecule has 38 heavy (non-hydrogen) atoms. The number of ether oxygens (including phenoxy) is 2. The van der Waals surface area contributed by atoms with Crippen molar-refractivity contribution in [2.24, 2.45) is 5.92 Å². The molecule has 0 saturated heterocycles. The van der Waals surface area contributed by atoms with Gasteiger partial charge in [-0.1, -0.05) is 24.3 Å². The molecule has 1 aliphatic carbocycles. The highest BCUT2D eigenvalue weighted by atomic mass is 16.5. The SMILES string of the molecule is O=C(Nc1ccc(-c2ccc(OC3CCC(C(=O)O)CC3)nc2)nc1)c1cccc(Oc2ccccc2)c1. The second-order valence-corrected chi connectivity index (χ2v) is 9.14. The summed E-state index contributed by atoms with van der Waals surface area (Å²) in [5.41, 5.74) is 2.56. The molecule has 2 aromatic heterocycles. The van der Waals surface area contributed by atoms with Crippen LogP contribution in [0.4, 0.5) is 5.69 Å². The largest absolute Gasteiger partial charge is 0.481 e. The van der Waals surface area contributed by atoms with Crippen molar-refractivity contribution < 1.29 is 24.2 Å². The van der Waals surface area contributed by atoms with Crippen LogP contribution in [0.5, 0.6) is 17.4 Å². The Kier molecular flexibility index (Phi) is 7.59. The summed E-state index contributed by atoms with van der Waals surface area (Å²) in [4.78, 5) is 32.7. The first kappa shape index (κ1) is 25.0. The van der Waals surface area contributed by atoms with Crippen LogP contribution in [0.25, 0.3) is 11.3 Å². The lowest BCUT2D eigenvalue weighted by Gasteiger charge is -2.26. The van der Waals surface area contributed by atoms with Gasteiger partial charge in [0.05, 0.1) is 23.5 Å². The van der Waals surface area contributed by atoms with Gasteiger partial charge in [0.15, 0.2) is 0 Å². The van der Waals surface area contributed by atoms with Gasteiger partial charge >= 0.3 is 5.97 Å². The fourth-order valence-corrected chi connectivity index (χ4v) is 4.37. The summed E-state index contributed by atoms with van der Waals surface area (Å²) in [6.45, 7) is 0. The van der Waals surface area contributed by atoms with Gasteiger partial charge in [0.2, 0.25) is 5.88 Å². The average Bonchev–Trinajstić information content (AvgIpc) is 2.95. The van der Waals surface area contributed by atoms with Crippen LogP contribution in [-0.4, -0.2) is 33.1 Å². The lowest BCUT2D eigenvalue weighted by molar-refractivity contribution is -0.143. The maximum atomic E-state index is 12.8. The Morgan fingerprint density at radius 1 is 0.816 bits per heavy atom. The first-order valence-electron chi connectivity index (χ1n) is 12.5. The van der Waals surface area contributed by atoms with E-state index in [-0.39, 0.29) is 17.9 Å². The summed E-state index contributed by atoms with van der Waals surface area (Å²) in [5, 5.41) is 12.0. The van der Waals surface area contributed by atoms with Gasteiger partial charge in [-0.05, 0) is 74.2 Å². The fourth-order valence-electron chi connectivity index (χ4n) is 4.37. The minimum absolute atomic E-state index is 0.0180. The van der Waals surface area contributed by atoms with Crippen molar-refractivity contribution in [3.8, 4) is 28.6 Å². The van der Waals surface area contributed by atoms with E-state index in [2.05, 4.69) is 15.3 Å². The lowest BCUT2D eigenvalue weighted by atomic mass is 9.87. The lowest BCUT2D eigenvalue weighted by Crippen LogP contribution is -2.28. The number of anilines is 1. The first-order valence-corrected chi connectivity index (χ1v) is 12.5. The van der Waals surface area contributed by atoms with E-state index < -0.39 is 5.97 Å². The van der Waals surface area contributed by atoms with Gasteiger partial charge in [-0.15, -0.1) is 0 Å². The van der Waals surface area contributed by atoms with Crippen molar-refractivity contribution in [3.05, 3.63) is 96.8 Å². The number of benzene rings is 2. The number of pyridine rings is 2. The number of carboxylic acids is 1. The van der Waals surface area contributed by atoms with Crippen molar-refractivity contribution >= 4 is 17.6 Å². The molecule has 0 spiro atoms. The van der Waals surface area contributed by atoms with Crippen LogP contribution in [0, 0.1) is 5.92 Å². The van der Waals surface area contributed by atoms with E-state index in [1.807, 2.05) is 42.5 Å². The van der Waals surface area contributed by atoms with E-state index in [1.165, 1.54) is 0 Å². The molecule has 1 aliphatic rings. The number of carboxylic acid groups (broad SMARTS) is 1. The Morgan fingerprint density at radius 3 is 2.29 bits per heavy atom. The van der Waals surface area contributed by atoms with Crippen LogP contribution in [0.2, 0.25) is 0 Å². The molecule has 0 unspecified atom stereocenters. The molecule has 4 aromatic rings. The summed E-state index contributed by atoms with van der Waals surface area (Å²) < 4.78 is 11.8.